The molecule has 0 rings (SSSR count). The third kappa shape index (κ3) is 53.4. The van der Waals surface area contributed by atoms with Crippen molar-refractivity contribution in [3.8, 4) is 0 Å². The number of hydrogen-bond acceptors (Lipinski definition) is 6. The summed E-state index contributed by atoms with van der Waals surface area (Å²) in [5.74, 6) is -0.949. The molecule has 0 spiro atoms. The second kappa shape index (κ2) is 55.2. The second-order valence-corrected chi connectivity index (χ2v) is 18.5. The molecule has 0 aromatic rings. The van der Waals surface area contributed by atoms with E-state index >= 15 is 0 Å². The average molecular weight is 933 g/mol. The maximum absolute atomic E-state index is 12.8. The number of allylic oxidation sites excluding steroid dienone is 14. The lowest BCUT2D eigenvalue weighted by Gasteiger charge is -2.18. The van der Waals surface area contributed by atoms with E-state index in [-0.39, 0.29) is 37.5 Å². The Balaban J connectivity index is 4.46. The molecule has 0 unspecified atom stereocenters. The minimum Gasteiger partial charge on any atom is -0.462 e. The molecule has 0 atom stereocenters. The number of rotatable bonds is 50. The fourth-order valence-electron chi connectivity index (χ4n) is 7.57. The van der Waals surface area contributed by atoms with Crippen LogP contribution in [0.25, 0.3) is 0 Å². The van der Waals surface area contributed by atoms with Crippen LogP contribution >= 0.6 is 0 Å². The van der Waals surface area contributed by atoms with Gasteiger partial charge in [0.25, 0.3) is 0 Å². The molecule has 0 amide bonds. The highest BCUT2D eigenvalue weighted by molar-refractivity contribution is 5.71. The van der Waals surface area contributed by atoms with Gasteiger partial charge >= 0.3 is 17.9 Å². The summed E-state index contributed by atoms with van der Waals surface area (Å²) in [6.45, 7) is 6.52. The van der Waals surface area contributed by atoms with E-state index in [1.54, 1.807) is 0 Å². The first-order chi connectivity index (χ1) is 33.0. The van der Waals surface area contributed by atoms with Gasteiger partial charge in [0, 0.05) is 19.3 Å². The minimum atomic E-state index is -0.804. The first kappa shape index (κ1) is 63.6. The quantitative estimate of drug-likeness (QED) is 0.0262. The Morgan fingerprint density at radius 3 is 0.866 bits per heavy atom. The topological polar surface area (TPSA) is 78.9 Å². The summed E-state index contributed by atoms with van der Waals surface area (Å²) >= 11 is 0. The van der Waals surface area contributed by atoms with E-state index in [9.17, 15) is 14.4 Å². The number of ether oxygens (including phenoxy) is 3. The van der Waals surface area contributed by atoms with Crippen LogP contribution in [0.5, 0.6) is 0 Å². The van der Waals surface area contributed by atoms with Crippen LogP contribution in [0.2, 0.25) is 0 Å². The Kier molecular flexibility index (Phi) is 52.4. The summed E-state index contributed by atoms with van der Waals surface area (Å²) in [4.78, 5) is 38.1. The van der Waals surface area contributed by atoms with Crippen molar-refractivity contribution in [1.82, 2.24) is 0 Å². The van der Waals surface area contributed by atoms with Crippen molar-refractivity contribution < 1.29 is 28.6 Å². The molecule has 0 bridgehead atoms. The van der Waals surface area contributed by atoms with Gasteiger partial charge in [0.15, 0.2) is 6.10 Å². The molecule has 0 radical (unpaired) electrons. The van der Waals surface area contributed by atoms with Crippen LogP contribution in [-0.2, 0) is 28.6 Å². The van der Waals surface area contributed by atoms with Gasteiger partial charge in [-0.15, -0.1) is 0 Å². The Hall–Kier alpha value is -3.41. The predicted octanol–water partition coefficient (Wildman–Crippen LogP) is 18.8. The van der Waals surface area contributed by atoms with E-state index in [0.717, 1.165) is 89.9 Å². The number of hydrogen-bond donors (Lipinski definition) is 0. The van der Waals surface area contributed by atoms with Crippen LogP contribution in [0, 0.1) is 0 Å². The smallest absolute Gasteiger partial charge is 0.306 e. The van der Waals surface area contributed by atoms with Gasteiger partial charge in [0.05, 0.1) is 0 Å². The molecule has 0 aliphatic heterocycles. The van der Waals surface area contributed by atoms with Gasteiger partial charge in [-0.1, -0.05) is 209 Å². The molecule has 0 aromatic carbocycles. The molecule has 0 N–H and O–H groups in total. The van der Waals surface area contributed by atoms with Crippen LogP contribution in [0.4, 0.5) is 0 Å². The largest absolute Gasteiger partial charge is 0.462 e. The molecule has 0 aliphatic carbocycles. The normalized spacial score (nSPS) is 12.3. The monoisotopic (exact) mass is 933 g/mol. The first-order valence-electron chi connectivity index (χ1n) is 28.1. The zero-order valence-corrected chi connectivity index (χ0v) is 43.9. The van der Waals surface area contributed by atoms with Crippen molar-refractivity contribution in [3.63, 3.8) is 0 Å². The SMILES string of the molecule is CCCCC/C=C\C/C=C\C/C=C\CCCCC(=O)OC(COC(=O)CCCCCCCCC/C=C\C/C=C\CCCCC)COC(=O)CCCCCCCCC/C=C\C/C=C\CCCCC. The molecule has 6 heteroatoms. The van der Waals surface area contributed by atoms with Crippen LogP contribution in [0.3, 0.4) is 0 Å². The molecule has 0 saturated carbocycles. The van der Waals surface area contributed by atoms with E-state index in [2.05, 4.69) is 106 Å². The van der Waals surface area contributed by atoms with Gasteiger partial charge in [-0.05, 0) is 122 Å². The van der Waals surface area contributed by atoms with Crippen LogP contribution < -0.4 is 0 Å². The molecule has 0 heterocycles. The van der Waals surface area contributed by atoms with Gasteiger partial charge in [0.1, 0.15) is 13.2 Å². The molecular formula is C61H104O6. The van der Waals surface area contributed by atoms with E-state index < -0.39 is 6.10 Å². The third-order valence-electron chi connectivity index (χ3n) is 11.8. The highest BCUT2D eigenvalue weighted by Crippen LogP contribution is 2.14. The molecule has 6 nitrogen and oxygen atoms in total. The van der Waals surface area contributed by atoms with Gasteiger partial charge in [-0.25, -0.2) is 0 Å². The lowest BCUT2D eigenvalue weighted by molar-refractivity contribution is -0.167. The van der Waals surface area contributed by atoms with Crippen molar-refractivity contribution in [2.24, 2.45) is 0 Å². The lowest BCUT2D eigenvalue weighted by Crippen LogP contribution is -2.30. The molecule has 0 fully saturated rings. The van der Waals surface area contributed by atoms with E-state index in [1.807, 2.05) is 0 Å². The molecule has 0 aromatic heterocycles. The van der Waals surface area contributed by atoms with Crippen LogP contribution in [0.15, 0.2) is 85.1 Å². The van der Waals surface area contributed by atoms with Crippen molar-refractivity contribution >= 4 is 17.9 Å². The maximum atomic E-state index is 12.8. The number of esters is 3. The van der Waals surface area contributed by atoms with Gasteiger partial charge in [0.2, 0.25) is 0 Å². The number of carbonyl (C=O) groups is 3. The summed E-state index contributed by atoms with van der Waals surface area (Å²) < 4.78 is 16.8. The van der Waals surface area contributed by atoms with Gasteiger partial charge < -0.3 is 14.2 Å². The highest BCUT2D eigenvalue weighted by atomic mass is 16.6. The van der Waals surface area contributed by atoms with E-state index in [1.165, 1.54) is 128 Å². The van der Waals surface area contributed by atoms with Crippen molar-refractivity contribution in [1.29, 1.82) is 0 Å². The Morgan fingerprint density at radius 1 is 0.299 bits per heavy atom. The maximum Gasteiger partial charge on any atom is 0.306 e. The second-order valence-electron chi connectivity index (χ2n) is 18.5. The minimum absolute atomic E-state index is 0.0988. The summed E-state index contributed by atoms with van der Waals surface area (Å²) in [5, 5.41) is 0. The van der Waals surface area contributed by atoms with Gasteiger partial charge in [-0.3, -0.25) is 14.4 Å². The number of carbonyl (C=O) groups excluding carboxylic acids is 3. The Bertz CT molecular complexity index is 1240. The Morgan fingerprint density at radius 2 is 0.537 bits per heavy atom. The van der Waals surface area contributed by atoms with Gasteiger partial charge in [-0.2, -0.15) is 0 Å². The van der Waals surface area contributed by atoms with E-state index in [4.69, 9.17) is 14.2 Å². The summed E-state index contributed by atoms with van der Waals surface area (Å²) in [6, 6.07) is 0. The standard InChI is InChI=1S/C61H104O6/c1-4-7-10-13-16-19-22-25-28-30-33-35-38-41-44-47-50-53-59(62)65-56-58(67-61(64)55-52-49-46-43-40-37-32-27-24-21-18-15-12-9-6-3)57-66-60(63)54-51-48-45-42-39-36-34-31-29-26-23-20-17-14-11-8-5-2/h16-21,25-29,32,40,43,58H,4-15,22-24,30-31,33-39,41-42,44-57H2,1-3H3/b19-16-,20-17-,21-18-,28-25-,29-26-,32-27-,43-40-. The fraction of sp³-hybridized carbons (Fsp3) is 0.721. The van der Waals surface area contributed by atoms with Crippen LogP contribution in [-0.4, -0.2) is 37.2 Å². The number of unbranched alkanes of at least 4 members (excludes halogenated alkanes) is 25. The van der Waals surface area contributed by atoms with Crippen molar-refractivity contribution in [2.45, 2.75) is 271 Å². The van der Waals surface area contributed by atoms with Crippen LogP contribution in [0.1, 0.15) is 265 Å². The van der Waals surface area contributed by atoms with E-state index in [0.29, 0.717) is 19.3 Å². The molecule has 0 saturated heterocycles. The average Bonchev–Trinajstić information content (AvgIpc) is 3.33. The summed E-state index contributed by atoms with van der Waals surface area (Å²) in [6.07, 6.45) is 71.3. The Labute approximate surface area is 414 Å². The predicted molar refractivity (Wildman–Crippen MR) is 288 cm³/mol. The fourth-order valence-corrected chi connectivity index (χ4v) is 7.57. The summed E-state index contributed by atoms with van der Waals surface area (Å²) in [5.41, 5.74) is 0. The zero-order chi connectivity index (χ0) is 48.6. The zero-order valence-electron chi connectivity index (χ0n) is 43.9. The molecule has 384 valence electrons. The van der Waals surface area contributed by atoms with Crippen molar-refractivity contribution in [3.05, 3.63) is 85.1 Å². The van der Waals surface area contributed by atoms with Crippen molar-refractivity contribution in [2.75, 3.05) is 13.2 Å². The first-order valence-corrected chi connectivity index (χ1v) is 28.1. The molecule has 67 heavy (non-hydrogen) atoms. The lowest BCUT2D eigenvalue weighted by atomic mass is 10.1. The molecule has 0 aliphatic rings. The summed E-state index contributed by atoms with van der Waals surface area (Å²) in [7, 11) is 0. The third-order valence-corrected chi connectivity index (χ3v) is 11.8. The highest BCUT2D eigenvalue weighted by Gasteiger charge is 2.19. The molecular weight excluding hydrogens is 829 g/mol.